The molecule has 0 aliphatic heterocycles. The molecule has 1 unspecified atom stereocenters. The van der Waals surface area contributed by atoms with Crippen LogP contribution in [0.3, 0.4) is 0 Å². The van der Waals surface area contributed by atoms with Crippen LogP contribution in [0, 0.1) is 6.92 Å². The molecule has 5 nitrogen and oxygen atoms in total. The van der Waals surface area contributed by atoms with Gasteiger partial charge in [0.25, 0.3) is 5.91 Å². The molecular formula is C18H22N2O3S. The normalized spacial score (nSPS) is 11.8. The van der Waals surface area contributed by atoms with E-state index >= 15 is 0 Å². The number of amides is 1. The van der Waals surface area contributed by atoms with Crippen molar-refractivity contribution in [1.29, 1.82) is 0 Å². The van der Waals surface area contributed by atoms with Crippen molar-refractivity contribution in [3.05, 3.63) is 48.3 Å². The minimum absolute atomic E-state index is 0.154. The number of benzene rings is 1. The molecule has 0 bridgehead atoms. The van der Waals surface area contributed by atoms with Gasteiger partial charge < -0.3 is 15.2 Å². The average molecular weight is 346 g/mol. The molecular weight excluding hydrogens is 324 g/mol. The fourth-order valence-corrected chi connectivity index (χ4v) is 2.94. The molecule has 1 aromatic carbocycles. The summed E-state index contributed by atoms with van der Waals surface area (Å²) in [6.07, 6.45) is 3.39. The standard InChI is InChI=1S/C18H22N2O3S/c1-13-5-3-6-15(11-13)23-14(2)18(22)20-16-12-19-8-7-17(16)24-10-4-9-21/h3,5-8,11-12,14,21H,4,9-10H2,1-2H3,(H,20,22). The van der Waals surface area contributed by atoms with Crippen molar-refractivity contribution in [2.24, 2.45) is 0 Å². The number of hydrogen-bond donors (Lipinski definition) is 2. The molecule has 24 heavy (non-hydrogen) atoms. The Kier molecular flexibility index (Phi) is 7.08. The van der Waals surface area contributed by atoms with E-state index in [1.165, 1.54) is 0 Å². The zero-order valence-corrected chi connectivity index (χ0v) is 14.7. The number of hydrogen-bond acceptors (Lipinski definition) is 5. The number of aromatic nitrogens is 1. The highest BCUT2D eigenvalue weighted by atomic mass is 32.2. The molecule has 0 spiro atoms. The number of aliphatic hydroxyl groups is 1. The van der Waals surface area contributed by atoms with Crippen molar-refractivity contribution < 1.29 is 14.6 Å². The summed E-state index contributed by atoms with van der Waals surface area (Å²) in [7, 11) is 0. The van der Waals surface area contributed by atoms with E-state index in [0.29, 0.717) is 17.9 Å². The van der Waals surface area contributed by atoms with Crippen LogP contribution in [0.4, 0.5) is 5.69 Å². The van der Waals surface area contributed by atoms with Crippen molar-refractivity contribution in [3.8, 4) is 5.75 Å². The number of thioether (sulfide) groups is 1. The van der Waals surface area contributed by atoms with Crippen molar-refractivity contribution >= 4 is 23.4 Å². The molecule has 0 saturated heterocycles. The van der Waals surface area contributed by atoms with Crippen LogP contribution in [0.15, 0.2) is 47.6 Å². The highest BCUT2D eigenvalue weighted by molar-refractivity contribution is 7.99. The van der Waals surface area contributed by atoms with E-state index in [1.54, 1.807) is 31.1 Å². The molecule has 2 N–H and O–H groups in total. The number of carbonyl (C=O) groups excluding carboxylic acids is 1. The maximum absolute atomic E-state index is 12.4. The highest BCUT2D eigenvalue weighted by Gasteiger charge is 2.16. The smallest absolute Gasteiger partial charge is 0.265 e. The van der Waals surface area contributed by atoms with Gasteiger partial charge in [-0.05, 0) is 44.0 Å². The number of rotatable bonds is 8. The predicted molar refractivity (Wildman–Crippen MR) is 96.6 cm³/mol. The number of nitrogens with zero attached hydrogens (tertiary/aromatic N) is 1. The van der Waals surface area contributed by atoms with Gasteiger partial charge in [0.15, 0.2) is 6.10 Å². The van der Waals surface area contributed by atoms with Gasteiger partial charge >= 0.3 is 0 Å². The Balaban J connectivity index is 1.98. The third-order valence-electron chi connectivity index (χ3n) is 3.27. The molecule has 1 amide bonds. The summed E-state index contributed by atoms with van der Waals surface area (Å²) in [5.74, 6) is 1.22. The molecule has 0 fully saturated rings. The topological polar surface area (TPSA) is 71.5 Å². The Morgan fingerprint density at radius 1 is 1.42 bits per heavy atom. The monoisotopic (exact) mass is 346 g/mol. The van der Waals surface area contributed by atoms with Gasteiger partial charge in [0.05, 0.1) is 11.9 Å². The van der Waals surface area contributed by atoms with Crippen LogP contribution in [0.1, 0.15) is 18.9 Å². The number of ether oxygens (including phenoxy) is 1. The van der Waals surface area contributed by atoms with Crippen LogP contribution < -0.4 is 10.1 Å². The lowest BCUT2D eigenvalue weighted by Crippen LogP contribution is -2.30. The summed E-state index contributed by atoms with van der Waals surface area (Å²) in [5, 5.41) is 11.7. The van der Waals surface area contributed by atoms with Gasteiger partial charge in [-0.3, -0.25) is 9.78 Å². The van der Waals surface area contributed by atoms with Gasteiger partial charge in [0.1, 0.15) is 5.75 Å². The van der Waals surface area contributed by atoms with E-state index < -0.39 is 6.10 Å². The average Bonchev–Trinajstić information content (AvgIpc) is 2.56. The number of anilines is 1. The third-order valence-corrected chi connectivity index (χ3v) is 4.43. The lowest BCUT2D eigenvalue weighted by molar-refractivity contribution is -0.122. The van der Waals surface area contributed by atoms with Crippen LogP contribution in [-0.4, -0.2) is 34.5 Å². The molecule has 0 radical (unpaired) electrons. The highest BCUT2D eigenvalue weighted by Crippen LogP contribution is 2.27. The number of carbonyl (C=O) groups is 1. The van der Waals surface area contributed by atoms with Gasteiger partial charge in [-0.2, -0.15) is 0 Å². The third kappa shape index (κ3) is 5.54. The summed E-state index contributed by atoms with van der Waals surface area (Å²) in [6.45, 7) is 3.84. The van der Waals surface area contributed by atoms with E-state index in [4.69, 9.17) is 9.84 Å². The second kappa shape index (κ2) is 9.30. The molecule has 1 aromatic heterocycles. The SMILES string of the molecule is Cc1cccc(OC(C)C(=O)Nc2cnccc2SCCCO)c1. The first kappa shape index (κ1) is 18.3. The summed E-state index contributed by atoms with van der Waals surface area (Å²) < 4.78 is 5.70. The molecule has 0 aliphatic rings. The van der Waals surface area contributed by atoms with Crippen LogP contribution in [0.25, 0.3) is 0 Å². The van der Waals surface area contributed by atoms with E-state index in [2.05, 4.69) is 10.3 Å². The molecule has 1 atom stereocenters. The molecule has 0 aliphatic carbocycles. The van der Waals surface area contributed by atoms with Crippen LogP contribution in [-0.2, 0) is 4.79 Å². The zero-order chi connectivity index (χ0) is 17.4. The minimum Gasteiger partial charge on any atom is -0.481 e. The lowest BCUT2D eigenvalue weighted by atomic mass is 10.2. The van der Waals surface area contributed by atoms with Gasteiger partial charge in [0.2, 0.25) is 0 Å². The lowest BCUT2D eigenvalue weighted by Gasteiger charge is -2.16. The Labute approximate surface area is 146 Å². The molecule has 2 aromatic rings. The Hall–Kier alpha value is -2.05. The van der Waals surface area contributed by atoms with Crippen LogP contribution in [0.2, 0.25) is 0 Å². The number of pyridine rings is 1. The van der Waals surface area contributed by atoms with Crippen molar-refractivity contribution in [3.63, 3.8) is 0 Å². The predicted octanol–water partition coefficient (Wildman–Crippen LogP) is 3.27. The van der Waals surface area contributed by atoms with Crippen molar-refractivity contribution in [2.75, 3.05) is 17.7 Å². The van der Waals surface area contributed by atoms with Crippen LogP contribution in [0.5, 0.6) is 5.75 Å². The number of aliphatic hydroxyl groups excluding tert-OH is 1. The Morgan fingerprint density at radius 2 is 2.25 bits per heavy atom. The first-order chi connectivity index (χ1) is 11.6. The van der Waals surface area contributed by atoms with Crippen molar-refractivity contribution in [1.82, 2.24) is 4.98 Å². The van der Waals surface area contributed by atoms with E-state index in [-0.39, 0.29) is 12.5 Å². The summed E-state index contributed by atoms with van der Waals surface area (Å²) in [5.41, 5.74) is 1.74. The van der Waals surface area contributed by atoms with E-state index in [0.717, 1.165) is 16.2 Å². The summed E-state index contributed by atoms with van der Waals surface area (Å²) >= 11 is 1.58. The first-order valence-electron chi connectivity index (χ1n) is 7.82. The second-order valence-corrected chi connectivity index (χ2v) is 6.50. The molecule has 1 heterocycles. The zero-order valence-electron chi connectivity index (χ0n) is 13.9. The maximum atomic E-state index is 12.4. The maximum Gasteiger partial charge on any atom is 0.265 e. The van der Waals surface area contributed by atoms with Gasteiger partial charge in [-0.25, -0.2) is 0 Å². The fraction of sp³-hybridized carbons (Fsp3) is 0.333. The van der Waals surface area contributed by atoms with Gasteiger partial charge in [-0.15, -0.1) is 11.8 Å². The fourth-order valence-electron chi connectivity index (χ4n) is 2.03. The second-order valence-electron chi connectivity index (χ2n) is 5.36. The number of aryl methyl sites for hydroxylation is 1. The van der Waals surface area contributed by atoms with Gasteiger partial charge in [0, 0.05) is 23.5 Å². The molecule has 2 rings (SSSR count). The largest absolute Gasteiger partial charge is 0.481 e. The first-order valence-corrected chi connectivity index (χ1v) is 8.80. The van der Waals surface area contributed by atoms with E-state index in [1.807, 2.05) is 37.3 Å². The van der Waals surface area contributed by atoms with E-state index in [9.17, 15) is 4.79 Å². The van der Waals surface area contributed by atoms with Crippen LogP contribution >= 0.6 is 11.8 Å². The molecule has 128 valence electrons. The van der Waals surface area contributed by atoms with Crippen molar-refractivity contribution in [2.45, 2.75) is 31.3 Å². The Bertz CT molecular complexity index is 679. The quantitative estimate of drug-likeness (QED) is 0.567. The number of nitrogens with one attached hydrogen (secondary N) is 1. The Morgan fingerprint density at radius 3 is 3.00 bits per heavy atom. The summed E-state index contributed by atoms with van der Waals surface area (Å²) in [6, 6.07) is 9.44. The summed E-state index contributed by atoms with van der Waals surface area (Å²) in [4.78, 5) is 17.4. The molecule has 0 saturated carbocycles. The minimum atomic E-state index is -0.623. The van der Waals surface area contributed by atoms with Gasteiger partial charge in [-0.1, -0.05) is 12.1 Å². The molecule has 6 heteroatoms.